The summed E-state index contributed by atoms with van der Waals surface area (Å²) in [6, 6.07) is -0.184. The first-order chi connectivity index (χ1) is 7.97. The van der Waals surface area contributed by atoms with Gasteiger partial charge in [0.1, 0.15) is 0 Å². The van der Waals surface area contributed by atoms with E-state index in [9.17, 15) is 9.90 Å². The molecule has 4 heteroatoms. The quantitative estimate of drug-likeness (QED) is 0.573. The van der Waals surface area contributed by atoms with E-state index in [-0.39, 0.29) is 11.9 Å². The normalized spacial score (nSPS) is 14.5. The molecule has 0 saturated heterocycles. The van der Waals surface area contributed by atoms with Gasteiger partial charge in [-0.2, -0.15) is 0 Å². The van der Waals surface area contributed by atoms with Crippen LogP contribution in [-0.4, -0.2) is 30.3 Å². The summed E-state index contributed by atoms with van der Waals surface area (Å²) in [5.74, 6) is 0.892. The summed E-state index contributed by atoms with van der Waals surface area (Å²) in [7, 11) is 0. The zero-order valence-corrected chi connectivity index (χ0v) is 11.6. The molecule has 0 saturated carbocycles. The molecule has 0 aliphatic rings. The number of hydrogen-bond acceptors (Lipinski definition) is 2. The van der Waals surface area contributed by atoms with E-state index >= 15 is 0 Å². The van der Waals surface area contributed by atoms with Gasteiger partial charge in [0.2, 0.25) is 0 Å². The Balaban J connectivity index is 3.53. The molecule has 0 fully saturated rings. The fourth-order valence-electron chi connectivity index (χ4n) is 1.45. The van der Waals surface area contributed by atoms with Crippen LogP contribution in [0.1, 0.15) is 47.0 Å². The highest BCUT2D eigenvalue weighted by molar-refractivity contribution is 5.73. The predicted octanol–water partition coefficient (Wildman–Crippen LogP) is 2.13. The summed E-state index contributed by atoms with van der Waals surface area (Å²) < 4.78 is 0. The molecule has 0 spiro atoms. The van der Waals surface area contributed by atoms with Crippen LogP contribution in [0, 0.1) is 11.8 Å². The second-order valence-corrected chi connectivity index (χ2v) is 5.13. The van der Waals surface area contributed by atoms with Crippen molar-refractivity contribution in [3.8, 4) is 0 Å². The van der Waals surface area contributed by atoms with Gasteiger partial charge < -0.3 is 15.7 Å². The topological polar surface area (TPSA) is 61.4 Å². The molecule has 0 aromatic carbocycles. The molecule has 2 atom stereocenters. The lowest BCUT2D eigenvalue weighted by atomic mass is 10.0. The van der Waals surface area contributed by atoms with Gasteiger partial charge in [0, 0.05) is 13.1 Å². The SMILES string of the molecule is CCC(C)C(O)CNC(=O)NCCCC(C)C. The van der Waals surface area contributed by atoms with Crippen LogP contribution in [0.15, 0.2) is 0 Å². The summed E-state index contributed by atoms with van der Waals surface area (Å²) in [5.41, 5.74) is 0. The lowest BCUT2D eigenvalue weighted by Crippen LogP contribution is -2.41. The number of nitrogens with one attached hydrogen (secondary N) is 2. The van der Waals surface area contributed by atoms with Crippen molar-refractivity contribution >= 4 is 6.03 Å². The standard InChI is InChI=1S/C13H28N2O2/c1-5-11(4)12(16)9-15-13(17)14-8-6-7-10(2)3/h10-12,16H,5-9H2,1-4H3,(H2,14,15,17). The van der Waals surface area contributed by atoms with Gasteiger partial charge in [0.05, 0.1) is 6.10 Å². The molecule has 102 valence electrons. The minimum absolute atomic E-state index is 0.184. The molecule has 0 aliphatic heterocycles. The van der Waals surface area contributed by atoms with Crippen molar-refractivity contribution in [2.75, 3.05) is 13.1 Å². The van der Waals surface area contributed by atoms with Gasteiger partial charge in [0.15, 0.2) is 0 Å². The van der Waals surface area contributed by atoms with Crippen LogP contribution in [0.4, 0.5) is 4.79 Å². The molecular formula is C13H28N2O2. The fraction of sp³-hybridized carbons (Fsp3) is 0.923. The highest BCUT2D eigenvalue weighted by Gasteiger charge is 2.12. The van der Waals surface area contributed by atoms with E-state index in [0.717, 1.165) is 19.3 Å². The van der Waals surface area contributed by atoms with Gasteiger partial charge >= 0.3 is 6.03 Å². The third kappa shape index (κ3) is 8.98. The van der Waals surface area contributed by atoms with Crippen molar-refractivity contribution < 1.29 is 9.90 Å². The number of hydrogen-bond donors (Lipinski definition) is 3. The van der Waals surface area contributed by atoms with Crippen LogP contribution in [0.3, 0.4) is 0 Å². The Morgan fingerprint density at radius 3 is 2.41 bits per heavy atom. The van der Waals surface area contributed by atoms with E-state index in [1.165, 1.54) is 0 Å². The summed E-state index contributed by atoms with van der Waals surface area (Å²) in [5, 5.41) is 15.1. The summed E-state index contributed by atoms with van der Waals surface area (Å²) in [4.78, 5) is 11.4. The largest absolute Gasteiger partial charge is 0.391 e. The second kappa shape index (κ2) is 9.28. The monoisotopic (exact) mass is 244 g/mol. The first kappa shape index (κ1) is 16.2. The van der Waals surface area contributed by atoms with Crippen molar-refractivity contribution in [1.29, 1.82) is 0 Å². The van der Waals surface area contributed by atoms with E-state index in [1.54, 1.807) is 0 Å². The highest BCUT2D eigenvalue weighted by Crippen LogP contribution is 2.05. The molecule has 3 N–H and O–H groups in total. The average Bonchev–Trinajstić information content (AvgIpc) is 2.30. The lowest BCUT2D eigenvalue weighted by molar-refractivity contribution is 0.114. The summed E-state index contributed by atoms with van der Waals surface area (Å²) >= 11 is 0. The first-order valence-electron chi connectivity index (χ1n) is 6.67. The summed E-state index contributed by atoms with van der Waals surface area (Å²) in [6.07, 6.45) is 2.58. The maximum Gasteiger partial charge on any atom is 0.314 e. The molecule has 2 unspecified atom stereocenters. The number of urea groups is 1. The van der Waals surface area contributed by atoms with Crippen LogP contribution < -0.4 is 10.6 Å². The Morgan fingerprint density at radius 1 is 1.24 bits per heavy atom. The maximum absolute atomic E-state index is 11.4. The number of aliphatic hydroxyl groups is 1. The molecule has 0 aliphatic carbocycles. The molecule has 0 bridgehead atoms. The molecule has 0 aromatic rings. The van der Waals surface area contributed by atoms with Gasteiger partial charge in [0.25, 0.3) is 0 Å². The molecule has 17 heavy (non-hydrogen) atoms. The van der Waals surface area contributed by atoms with Gasteiger partial charge in [-0.3, -0.25) is 0 Å². The van der Waals surface area contributed by atoms with Gasteiger partial charge in [-0.05, 0) is 24.7 Å². The third-order valence-electron chi connectivity index (χ3n) is 3.02. The van der Waals surface area contributed by atoms with Gasteiger partial charge in [-0.1, -0.05) is 34.1 Å². The van der Waals surface area contributed by atoms with Crippen molar-refractivity contribution in [2.45, 2.75) is 53.1 Å². The van der Waals surface area contributed by atoms with Crippen LogP contribution in [-0.2, 0) is 0 Å². The average molecular weight is 244 g/mol. The molecule has 0 aromatic heterocycles. The van der Waals surface area contributed by atoms with Gasteiger partial charge in [-0.15, -0.1) is 0 Å². The van der Waals surface area contributed by atoms with E-state index in [0.29, 0.717) is 19.0 Å². The number of aliphatic hydroxyl groups excluding tert-OH is 1. The van der Waals surface area contributed by atoms with Crippen LogP contribution in [0.5, 0.6) is 0 Å². The zero-order valence-electron chi connectivity index (χ0n) is 11.6. The van der Waals surface area contributed by atoms with Crippen molar-refractivity contribution in [3.05, 3.63) is 0 Å². The predicted molar refractivity (Wildman–Crippen MR) is 70.9 cm³/mol. The first-order valence-corrected chi connectivity index (χ1v) is 6.67. The van der Waals surface area contributed by atoms with E-state index in [2.05, 4.69) is 24.5 Å². The molecular weight excluding hydrogens is 216 g/mol. The van der Waals surface area contributed by atoms with E-state index in [1.807, 2.05) is 13.8 Å². The minimum atomic E-state index is -0.457. The lowest BCUT2D eigenvalue weighted by Gasteiger charge is -2.17. The minimum Gasteiger partial charge on any atom is -0.391 e. The number of amides is 2. The van der Waals surface area contributed by atoms with Gasteiger partial charge in [-0.25, -0.2) is 4.79 Å². The molecule has 2 amide bonds. The van der Waals surface area contributed by atoms with Crippen molar-refractivity contribution in [3.63, 3.8) is 0 Å². The van der Waals surface area contributed by atoms with Crippen LogP contribution >= 0.6 is 0 Å². The van der Waals surface area contributed by atoms with Crippen molar-refractivity contribution in [1.82, 2.24) is 10.6 Å². The number of carbonyl (C=O) groups excluding carboxylic acids is 1. The Hall–Kier alpha value is -0.770. The smallest absolute Gasteiger partial charge is 0.314 e. The highest BCUT2D eigenvalue weighted by atomic mass is 16.3. The van der Waals surface area contributed by atoms with Crippen molar-refractivity contribution in [2.24, 2.45) is 11.8 Å². The van der Waals surface area contributed by atoms with E-state index in [4.69, 9.17) is 0 Å². The molecule has 0 radical (unpaired) electrons. The van der Waals surface area contributed by atoms with Crippen LogP contribution in [0.25, 0.3) is 0 Å². The van der Waals surface area contributed by atoms with E-state index < -0.39 is 6.10 Å². The Kier molecular flexibility index (Phi) is 8.86. The second-order valence-electron chi connectivity index (χ2n) is 5.13. The zero-order chi connectivity index (χ0) is 13.3. The Morgan fingerprint density at radius 2 is 1.88 bits per heavy atom. The number of rotatable bonds is 8. The fourth-order valence-corrected chi connectivity index (χ4v) is 1.45. The third-order valence-corrected chi connectivity index (χ3v) is 3.02. The molecule has 4 nitrogen and oxygen atoms in total. The molecule has 0 heterocycles. The summed E-state index contributed by atoms with van der Waals surface area (Å²) in [6.45, 7) is 9.37. The molecule has 0 rings (SSSR count). The Labute approximate surface area is 105 Å². The number of carbonyl (C=O) groups is 1. The maximum atomic E-state index is 11.4. The van der Waals surface area contributed by atoms with Crippen LogP contribution in [0.2, 0.25) is 0 Å². The Bertz CT molecular complexity index is 208.